The molecule has 3 heterocycles. The third-order valence-electron chi connectivity index (χ3n) is 5.97. The van der Waals surface area contributed by atoms with E-state index in [2.05, 4.69) is 11.9 Å². The number of hydrogen-bond donors (Lipinski definition) is 0. The highest BCUT2D eigenvalue weighted by Gasteiger charge is 2.24. The first kappa shape index (κ1) is 21.9. The number of pyridine rings is 1. The van der Waals surface area contributed by atoms with E-state index in [1.54, 1.807) is 31.8 Å². The SMILES string of the molecule is COc1cc(C2=CC(F)=CCC2F)cc2c(C(C)Cc3ccco3)nc(-c3cccnc3)nc12. The monoisotopic (exact) mass is 459 g/mol. The lowest BCUT2D eigenvalue weighted by Gasteiger charge is -2.20. The Balaban J connectivity index is 1.73. The number of furan rings is 1. The van der Waals surface area contributed by atoms with Gasteiger partial charge in [-0.2, -0.15) is 0 Å². The van der Waals surface area contributed by atoms with E-state index < -0.39 is 12.0 Å². The van der Waals surface area contributed by atoms with Gasteiger partial charge in [-0.05, 0) is 59.7 Å². The van der Waals surface area contributed by atoms with E-state index in [0.29, 0.717) is 29.1 Å². The largest absolute Gasteiger partial charge is 0.494 e. The number of aromatic nitrogens is 3. The van der Waals surface area contributed by atoms with Crippen molar-refractivity contribution in [2.24, 2.45) is 0 Å². The summed E-state index contributed by atoms with van der Waals surface area (Å²) in [5, 5.41) is 0.726. The fraction of sp³-hybridized carbons (Fsp3) is 0.222. The van der Waals surface area contributed by atoms with Crippen LogP contribution in [0, 0.1) is 0 Å². The summed E-state index contributed by atoms with van der Waals surface area (Å²) in [7, 11) is 1.54. The van der Waals surface area contributed by atoms with E-state index >= 15 is 0 Å². The van der Waals surface area contributed by atoms with Gasteiger partial charge in [0.2, 0.25) is 0 Å². The molecular weight excluding hydrogens is 436 g/mol. The lowest BCUT2D eigenvalue weighted by atomic mass is 9.91. The van der Waals surface area contributed by atoms with Crippen molar-refractivity contribution in [3.63, 3.8) is 0 Å². The Hall–Kier alpha value is -3.87. The van der Waals surface area contributed by atoms with Gasteiger partial charge < -0.3 is 9.15 Å². The Morgan fingerprint density at radius 3 is 2.79 bits per heavy atom. The Morgan fingerprint density at radius 1 is 1.18 bits per heavy atom. The number of ether oxygens (including phenoxy) is 1. The van der Waals surface area contributed by atoms with Crippen molar-refractivity contribution in [1.82, 2.24) is 15.0 Å². The number of halogens is 2. The van der Waals surface area contributed by atoms with Crippen LogP contribution in [0.25, 0.3) is 27.9 Å². The summed E-state index contributed by atoms with van der Waals surface area (Å²) in [6.45, 7) is 2.05. The van der Waals surface area contributed by atoms with Gasteiger partial charge in [-0.15, -0.1) is 0 Å². The molecule has 7 heteroatoms. The van der Waals surface area contributed by atoms with Crippen LogP contribution in [0.4, 0.5) is 8.78 Å². The van der Waals surface area contributed by atoms with Gasteiger partial charge >= 0.3 is 0 Å². The maximum absolute atomic E-state index is 14.8. The quantitative estimate of drug-likeness (QED) is 0.324. The number of allylic oxidation sites excluding steroid dienone is 4. The number of benzene rings is 1. The standard InChI is InChI=1S/C27H23F2N3O2/c1-16(11-20-6-4-10-34-20)25-22-12-18(21-14-19(28)7-8-23(21)29)13-24(33-2)26(22)32-27(31-25)17-5-3-9-30-15-17/h3-7,9-10,12-16,23H,8,11H2,1-2H3. The number of methoxy groups -OCH3 is 1. The van der Waals surface area contributed by atoms with E-state index in [0.717, 1.165) is 22.4 Å². The van der Waals surface area contributed by atoms with Gasteiger partial charge in [0.05, 0.1) is 19.1 Å². The van der Waals surface area contributed by atoms with Crippen LogP contribution in [0.15, 0.2) is 77.5 Å². The normalized spacial score (nSPS) is 16.8. The first-order valence-corrected chi connectivity index (χ1v) is 11.1. The van der Waals surface area contributed by atoms with Gasteiger partial charge in [0, 0.05) is 42.1 Å². The summed E-state index contributed by atoms with van der Waals surface area (Å²) in [6, 6.07) is 11.0. The van der Waals surface area contributed by atoms with Crippen molar-refractivity contribution in [1.29, 1.82) is 0 Å². The van der Waals surface area contributed by atoms with Gasteiger partial charge in [0.25, 0.3) is 0 Å². The summed E-state index contributed by atoms with van der Waals surface area (Å²) < 4.78 is 40.0. The summed E-state index contributed by atoms with van der Waals surface area (Å²) in [5.41, 5.74) is 2.96. The minimum Gasteiger partial charge on any atom is -0.494 e. The molecule has 0 aliphatic heterocycles. The number of hydrogen-bond acceptors (Lipinski definition) is 5. The molecule has 0 amide bonds. The molecule has 0 spiro atoms. The minimum absolute atomic E-state index is 0.00375. The smallest absolute Gasteiger partial charge is 0.161 e. The molecule has 3 aromatic heterocycles. The summed E-state index contributed by atoms with van der Waals surface area (Å²) >= 11 is 0. The average molecular weight is 459 g/mol. The number of alkyl halides is 1. The number of rotatable bonds is 6. The molecule has 2 unspecified atom stereocenters. The fourth-order valence-electron chi connectivity index (χ4n) is 4.28. The molecule has 0 fully saturated rings. The second-order valence-corrected chi connectivity index (χ2v) is 8.33. The maximum Gasteiger partial charge on any atom is 0.161 e. The number of fused-ring (bicyclic) bond motifs is 1. The van der Waals surface area contributed by atoms with Crippen LogP contribution >= 0.6 is 0 Å². The third kappa shape index (κ3) is 4.21. The highest BCUT2D eigenvalue weighted by molar-refractivity contribution is 5.92. The molecule has 0 bridgehead atoms. The van der Waals surface area contributed by atoms with E-state index in [9.17, 15) is 8.78 Å². The van der Waals surface area contributed by atoms with E-state index in [1.165, 1.54) is 12.2 Å². The molecule has 34 heavy (non-hydrogen) atoms. The molecule has 172 valence electrons. The fourth-order valence-corrected chi connectivity index (χ4v) is 4.28. The van der Waals surface area contributed by atoms with Crippen LogP contribution in [-0.2, 0) is 6.42 Å². The predicted molar refractivity (Wildman–Crippen MR) is 127 cm³/mol. The Labute approximate surface area is 195 Å². The second-order valence-electron chi connectivity index (χ2n) is 8.33. The molecule has 5 rings (SSSR count). The van der Waals surface area contributed by atoms with Crippen LogP contribution in [0.5, 0.6) is 5.75 Å². The zero-order valence-electron chi connectivity index (χ0n) is 18.8. The molecule has 0 saturated heterocycles. The van der Waals surface area contributed by atoms with Crippen LogP contribution in [-0.4, -0.2) is 28.2 Å². The van der Waals surface area contributed by atoms with Crippen molar-refractivity contribution in [3.05, 3.63) is 90.1 Å². The van der Waals surface area contributed by atoms with E-state index in [1.807, 2.05) is 30.3 Å². The zero-order valence-corrected chi connectivity index (χ0v) is 18.8. The molecular formula is C27H23F2N3O2. The van der Waals surface area contributed by atoms with Crippen LogP contribution < -0.4 is 4.74 Å². The van der Waals surface area contributed by atoms with Gasteiger partial charge in [-0.1, -0.05) is 6.92 Å². The molecule has 4 aromatic rings. The molecule has 0 N–H and O–H groups in total. The molecule has 0 radical (unpaired) electrons. The third-order valence-corrected chi connectivity index (χ3v) is 5.97. The first-order chi connectivity index (χ1) is 16.5. The Morgan fingerprint density at radius 2 is 2.06 bits per heavy atom. The van der Waals surface area contributed by atoms with Crippen molar-refractivity contribution in [2.45, 2.75) is 31.9 Å². The van der Waals surface area contributed by atoms with E-state index in [4.69, 9.17) is 19.1 Å². The van der Waals surface area contributed by atoms with Gasteiger partial charge in [0.15, 0.2) is 5.82 Å². The van der Waals surface area contributed by atoms with Crippen molar-refractivity contribution >= 4 is 16.5 Å². The Kier molecular flexibility index (Phi) is 5.92. The second kappa shape index (κ2) is 9.17. The summed E-state index contributed by atoms with van der Waals surface area (Å²) in [4.78, 5) is 13.9. The van der Waals surface area contributed by atoms with Crippen LogP contribution in [0.3, 0.4) is 0 Å². The molecule has 1 aromatic carbocycles. The topological polar surface area (TPSA) is 61.0 Å². The van der Waals surface area contributed by atoms with Crippen molar-refractivity contribution in [3.8, 4) is 17.1 Å². The predicted octanol–water partition coefficient (Wildman–Crippen LogP) is 6.62. The first-order valence-electron chi connectivity index (χ1n) is 11.1. The zero-order chi connectivity index (χ0) is 23.7. The molecule has 1 aliphatic carbocycles. The van der Waals surface area contributed by atoms with Crippen molar-refractivity contribution in [2.75, 3.05) is 7.11 Å². The highest BCUT2D eigenvalue weighted by atomic mass is 19.1. The maximum atomic E-state index is 14.8. The summed E-state index contributed by atoms with van der Waals surface area (Å²) in [5.74, 6) is 1.32. The highest BCUT2D eigenvalue weighted by Crippen LogP contribution is 2.38. The minimum atomic E-state index is -1.30. The Bertz CT molecular complexity index is 1380. The molecule has 5 nitrogen and oxygen atoms in total. The number of nitrogens with zero attached hydrogens (tertiary/aromatic N) is 3. The van der Waals surface area contributed by atoms with Gasteiger partial charge in [0.1, 0.15) is 29.0 Å². The lowest BCUT2D eigenvalue weighted by Crippen LogP contribution is -2.09. The summed E-state index contributed by atoms with van der Waals surface area (Å²) in [6.07, 6.45) is 6.84. The average Bonchev–Trinajstić information content (AvgIpc) is 3.37. The molecule has 2 atom stereocenters. The van der Waals surface area contributed by atoms with Gasteiger partial charge in [-0.25, -0.2) is 18.7 Å². The van der Waals surface area contributed by atoms with Crippen LogP contribution in [0.1, 0.15) is 36.3 Å². The van der Waals surface area contributed by atoms with Crippen LogP contribution in [0.2, 0.25) is 0 Å². The molecule has 1 aliphatic rings. The van der Waals surface area contributed by atoms with E-state index in [-0.39, 0.29) is 17.9 Å². The van der Waals surface area contributed by atoms with Gasteiger partial charge in [-0.3, -0.25) is 4.98 Å². The van der Waals surface area contributed by atoms with Crippen molar-refractivity contribution < 1.29 is 17.9 Å². The molecule has 0 saturated carbocycles. The lowest BCUT2D eigenvalue weighted by molar-refractivity contribution is 0.407.